The van der Waals surface area contributed by atoms with Crippen molar-refractivity contribution in [2.24, 2.45) is 0 Å². The van der Waals surface area contributed by atoms with Crippen molar-refractivity contribution in [2.75, 3.05) is 5.73 Å². The van der Waals surface area contributed by atoms with Gasteiger partial charge in [-0.1, -0.05) is 16.8 Å². The van der Waals surface area contributed by atoms with Gasteiger partial charge < -0.3 is 10.3 Å². The van der Waals surface area contributed by atoms with E-state index in [0.29, 0.717) is 22.0 Å². The number of aryl methyl sites for hydroxylation is 2. The van der Waals surface area contributed by atoms with Crippen molar-refractivity contribution in [3.05, 3.63) is 40.2 Å². The topological polar surface area (TPSA) is 98.2 Å². The van der Waals surface area contributed by atoms with Gasteiger partial charge in [0.25, 0.3) is 0 Å². The number of hydrogen-bond donors (Lipinski definition) is 2. The number of aromatic nitrogens is 1. The highest BCUT2D eigenvalue weighted by Crippen LogP contribution is 2.26. The number of nitrogens with zero attached hydrogens (tertiary/aromatic N) is 1. The van der Waals surface area contributed by atoms with Crippen molar-refractivity contribution < 1.29 is 12.9 Å². The number of halogens is 1. The molecule has 0 unspecified atom stereocenters. The fourth-order valence-corrected chi connectivity index (χ4v) is 3.17. The first kappa shape index (κ1) is 14.8. The molecule has 1 heterocycles. The monoisotopic (exact) mass is 315 g/mol. The molecule has 6 nitrogen and oxygen atoms in total. The molecule has 20 heavy (non-hydrogen) atoms. The van der Waals surface area contributed by atoms with Crippen molar-refractivity contribution in [3.8, 4) is 0 Å². The van der Waals surface area contributed by atoms with Crippen LogP contribution in [0.4, 0.5) is 5.69 Å². The Kier molecular flexibility index (Phi) is 4.03. The van der Waals surface area contributed by atoms with E-state index in [1.807, 2.05) is 0 Å². The minimum Gasteiger partial charge on any atom is -0.397 e. The Morgan fingerprint density at radius 2 is 2.05 bits per heavy atom. The molecule has 2 rings (SSSR count). The maximum Gasteiger partial charge on any atom is 0.241 e. The predicted octanol–water partition coefficient (Wildman–Crippen LogP) is 2.01. The molecule has 0 radical (unpaired) electrons. The minimum atomic E-state index is -3.70. The number of nitrogens with two attached hydrogens (primary N) is 1. The molecule has 0 atom stereocenters. The van der Waals surface area contributed by atoms with E-state index in [1.54, 1.807) is 19.9 Å². The lowest BCUT2D eigenvalue weighted by atomic mass is 10.2. The predicted molar refractivity (Wildman–Crippen MR) is 75.9 cm³/mol. The van der Waals surface area contributed by atoms with Crippen LogP contribution >= 0.6 is 11.6 Å². The van der Waals surface area contributed by atoms with E-state index in [0.717, 1.165) is 0 Å². The van der Waals surface area contributed by atoms with Crippen LogP contribution in [0, 0.1) is 13.8 Å². The molecular formula is C12H14ClN3O3S. The second-order valence-electron chi connectivity index (χ2n) is 4.40. The van der Waals surface area contributed by atoms with Gasteiger partial charge in [-0.2, -0.15) is 0 Å². The molecule has 1 aromatic heterocycles. The maximum atomic E-state index is 12.2. The van der Waals surface area contributed by atoms with E-state index in [9.17, 15) is 8.42 Å². The third kappa shape index (κ3) is 3.12. The largest absolute Gasteiger partial charge is 0.397 e. The summed E-state index contributed by atoms with van der Waals surface area (Å²) in [5.74, 6) is 0.436. The zero-order chi connectivity index (χ0) is 14.9. The molecule has 8 heteroatoms. The van der Waals surface area contributed by atoms with E-state index in [1.165, 1.54) is 12.1 Å². The van der Waals surface area contributed by atoms with Crippen LogP contribution in [-0.2, 0) is 16.6 Å². The number of nitrogens with one attached hydrogen (secondary N) is 1. The zero-order valence-electron chi connectivity index (χ0n) is 11.0. The molecule has 0 bridgehead atoms. The summed E-state index contributed by atoms with van der Waals surface area (Å²) in [6, 6.07) is 4.52. The zero-order valence-corrected chi connectivity index (χ0v) is 12.5. The average molecular weight is 316 g/mol. The van der Waals surface area contributed by atoms with E-state index < -0.39 is 10.0 Å². The van der Waals surface area contributed by atoms with Crippen LogP contribution in [-0.4, -0.2) is 13.6 Å². The van der Waals surface area contributed by atoms with Crippen molar-refractivity contribution in [1.82, 2.24) is 9.88 Å². The molecule has 0 saturated heterocycles. The second-order valence-corrected chi connectivity index (χ2v) is 6.54. The van der Waals surface area contributed by atoms with E-state index >= 15 is 0 Å². The first-order valence-electron chi connectivity index (χ1n) is 5.77. The Labute approximate surface area is 122 Å². The molecule has 1 aromatic carbocycles. The first-order chi connectivity index (χ1) is 9.29. The van der Waals surface area contributed by atoms with Gasteiger partial charge in [-0.15, -0.1) is 0 Å². The Balaban J connectivity index is 2.24. The van der Waals surface area contributed by atoms with E-state index in [-0.39, 0.29) is 17.1 Å². The summed E-state index contributed by atoms with van der Waals surface area (Å²) in [6.45, 7) is 3.43. The van der Waals surface area contributed by atoms with Gasteiger partial charge in [-0.25, -0.2) is 13.1 Å². The standard InChI is InChI=1S/C12H14ClN3O3S/c1-7-3-10(13)11(14)5-12(7)20(17,18)15-6-9-4-8(2)16-19-9/h3-5,15H,6,14H2,1-2H3. The minimum absolute atomic E-state index is 0.0190. The third-order valence-corrected chi connectivity index (χ3v) is 4.57. The maximum absolute atomic E-state index is 12.2. The summed E-state index contributed by atoms with van der Waals surface area (Å²) >= 11 is 5.85. The third-order valence-electron chi connectivity index (χ3n) is 2.70. The highest BCUT2D eigenvalue weighted by Gasteiger charge is 2.19. The summed E-state index contributed by atoms with van der Waals surface area (Å²) in [4.78, 5) is 0.0932. The Morgan fingerprint density at radius 1 is 1.35 bits per heavy atom. The first-order valence-corrected chi connectivity index (χ1v) is 7.63. The molecule has 0 spiro atoms. The molecular weight excluding hydrogens is 302 g/mol. The van der Waals surface area contributed by atoms with Crippen LogP contribution in [0.2, 0.25) is 5.02 Å². The summed E-state index contributed by atoms with van der Waals surface area (Å²) < 4.78 is 31.8. The molecule has 0 fully saturated rings. The molecule has 108 valence electrons. The Morgan fingerprint density at radius 3 is 2.65 bits per heavy atom. The normalized spacial score (nSPS) is 11.8. The molecule has 3 N–H and O–H groups in total. The molecule has 0 aliphatic carbocycles. The smallest absolute Gasteiger partial charge is 0.241 e. The highest BCUT2D eigenvalue weighted by molar-refractivity contribution is 7.89. The molecule has 0 aliphatic heterocycles. The summed E-state index contributed by atoms with van der Waals surface area (Å²) in [5.41, 5.74) is 7.07. The number of rotatable bonds is 4. The number of nitrogen functional groups attached to an aromatic ring is 1. The number of anilines is 1. The summed E-state index contributed by atoms with van der Waals surface area (Å²) in [6.07, 6.45) is 0. The number of benzene rings is 1. The average Bonchev–Trinajstić information content (AvgIpc) is 2.77. The quantitative estimate of drug-likeness (QED) is 0.841. The van der Waals surface area contributed by atoms with E-state index in [4.69, 9.17) is 21.9 Å². The van der Waals surface area contributed by atoms with Crippen LogP contribution in [0.25, 0.3) is 0 Å². The SMILES string of the molecule is Cc1cc(CNS(=O)(=O)c2cc(N)c(Cl)cc2C)on1. The van der Waals surface area contributed by atoms with Crippen LogP contribution in [0.5, 0.6) is 0 Å². The van der Waals surface area contributed by atoms with Gasteiger partial charge in [0.05, 0.1) is 27.8 Å². The number of sulfonamides is 1. The van der Waals surface area contributed by atoms with Gasteiger partial charge >= 0.3 is 0 Å². The van der Waals surface area contributed by atoms with E-state index in [2.05, 4.69) is 9.88 Å². The van der Waals surface area contributed by atoms with Crippen LogP contribution in [0.1, 0.15) is 17.0 Å². The highest BCUT2D eigenvalue weighted by atomic mass is 35.5. The van der Waals surface area contributed by atoms with Crippen LogP contribution < -0.4 is 10.5 Å². The molecule has 0 saturated carbocycles. The molecule has 2 aromatic rings. The van der Waals surface area contributed by atoms with Gasteiger partial charge in [0.15, 0.2) is 5.76 Å². The van der Waals surface area contributed by atoms with Gasteiger partial charge in [0.1, 0.15) is 0 Å². The Hall–Kier alpha value is -1.57. The van der Waals surface area contributed by atoms with Crippen LogP contribution in [0.3, 0.4) is 0 Å². The van der Waals surface area contributed by atoms with Crippen LogP contribution in [0.15, 0.2) is 27.6 Å². The lowest BCUT2D eigenvalue weighted by Crippen LogP contribution is -2.24. The van der Waals surface area contributed by atoms with Crippen molar-refractivity contribution >= 4 is 27.3 Å². The summed E-state index contributed by atoms with van der Waals surface area (Å²) in [7, 11) is -3.70. The van der Waals surface area contributed by atoms with Gasteiger partial charge in [-0.3, -0.25) is 0 Å². The summed E-state index contributed by atoms with van der Waals surface area (Å²) in [5, 5.41) is 4.01. The molecule has 0 aliphatic rings. The van der Waals surface area contributed by atoms with Crippen molar-refractivity contribution in [3.63, 3.8) is 0 Å². The Bertz CT molecular complexity index is 740. The van der Waals surface area contributed by atoms with Crippen molar-refractivity contribution in [1.29, 1.82) is 0 Å². The lowest BCUT2D eigenvalue weighted by Gasteiger charge is -2.10. The second kappa shape index (κ2) is 5.43. The molecule has 0 amide bonds. The lowest BCUT2D eigenvalue weighted by molar-refractivity contribution is 0.377. The fourth-order valence-electron chi connectivity index (χ4n) is 1.70. The van der Waals surface area contributed by atoms with Gasteiger partial charge in [0, 0.05) is 6.07 Å². The van der Waals surface area contributed by atoms with Crippen molar-refractivity contribution in [2.45, 2.75) is 25.3 Å². The number of hydrogen-bond acceptors (Lipinski definition) is 5. The van der Waals surface area contributed by atoms with Gasteiger partial charge in [0.2, 0.25) is 10.0 Å². The fraction of sp³-hybridized carbons (Fsp3) is 0.250. The van der Waals surface area contributed by atoms with Gasteiger partial charge in [-0.05, 0) is 31.5 Å².